The summed E-state index contributed by atoms with van der Waals surface area (Å²) in [6, 6.07) is 5.17. The van der Waals surface area contributed by atoms with Gasteiger partial charge in [-0.25, -0.2) is 4.79 Å². The zero-order chi connectivity index (χ0) is 20.9. The van der Waals surface area contributed by atoms with E-state index >= 15 is 0 Å². The highest BCUT2D eigenvalue weighted by atomic mass is 16.6. The van der Waals surface area contributed by atoms with E-state index in [4.69, 9.17) is 4.74 Å². The van der Waals surface area contributed by atoms with Crippen LogP contribution in [0.3, 0.4) is 0 Å². The van der Waals surface area contributed by atoms with Crippen molar-refractivity contribution in [2.75, 3.05) is 13.1 Å². The van der Waals surface area contributed by atoms with Crippen molar-refractivity contribution in [2.45, 2.75) is 57.7 Å². The molecule has 0 saturated carbocycles. The number of hydrogen-bond donors (Lipinski definition) is 1. The number of carbonyl (C=O) groups is 4. The summed E-state index contributed by atoms with van der Waals surface area (Å²) in [7, 11) is 0. The molecule has 0 radical (unpaired) electrons. The van der Waals surface area contributed by atoms with Gasteiger partial charge in [0, 0.05) is 37.5 Å². The van der Waals surface area contributed by atoms with E-state index in [0.717, 1.165) is 11.1 Å². The molecule has 0 bridgehead atoms. The van der Waals surface area contributed by atoms with Crippen molar-refractivity contribution in [3.63, 3.8) is 0 Å². The van der Waals surface area contributed by atoms with Gasteiger partial charge in [0.25, 0.3) is 5.91 Å². The van der Waals surface area contributed by atoms with Crippen LogP contribution in [0.1, 0.15) is 61.0 Å². The number of carbonyl (C=O) groups excluding carboxylic acids is 4. The van der Waals surface area contributed by atoms with E-state index in [1.54, 1.807) is 9.80 Å². The normalized spacial score (nSPS) is 22.3. The zero-order valence-electron chi connectivity index (χ0n) is 16.9. The summed E-state index contributed by atoms with van der Waals surface area (Å²) in [6.07, 6.45) is 0.268. The molecular formula is C21H25N3O5. The van der Waals surface area contributed by atoms with E-state index in [9.17, 15) is 19.2 Å². The largest absolute Gasteiger partial charge is 0.444 e. The second-order valence-electron chi connectivity index (χ2n) is 8.90. The molecule has 0 aliphatic carbocycles. The van der Waals surface area contributed by atoms with Gasteiger partial charge >= 0.3 is 6.09 Å². The maximum atomic E-state index is 12.9. The number of nitrogens with one attached hydrogen (secondary N) is 1. The van der Waals surface area contributed by atoms with Gasteiger partial charge in [-0.15, -0.1) is 0 Å². The molecule has 154 valence electrons. The number of imide groups is 1. The summed E-state index contributed by atoms with van der Waals surface area (Å²) in [4.78, 5) is 51.7. The molecule has 1 aromatic rings. The average Bonchev–Trinajstić information content (AvgIpc) is 2.88. The fourth-order valence-corrected chi connectivity index (χ4v) is 3.99. The number of likely N-dealkylation sites (tertiary alicyclic amines) is 1. The van der Waals surface area contributed by atoms with E-state index in [1.807, 2.05) is 39.0 Å². The summed E-state index contributed by atoms with van der Waals surface area (Å²) < 4.78 is 5.38. The summed E-state index contributed by atoms with van der Waals surface area (Å²) >= 11 is 0. The van der Waals surface area contributed by atoms with Gasteiger partial charge in [-0.2, -0.15) is 0 Å². The number of ether oxygens (including phenoxy) is 1. The summed E-state index contributed by atoms with van der Waals surface area (Å²) in [5.41, 5.74) is 1.96. The first-order valence-corrected chi connectivity index (χ1v) is 9.88. The van der Waals surface area contributed by atoms with Gasteiger partial charge in [-0.1, -0.05) is 12.1 Å². The molecule has 3 heterocycles. The van der Waals surface area contributed by atoms with Crippen LogP contribution in [0.25, 0.3) is 0 Å². The fraction of sp³-hybridized carbons (Fsp3) is 0.524. The van der Waals surface area contributed by atoms with E-state index in [-0.39, 0.29) is 30.2 Å². The number of rotatable bonds is 2. The third kappa shape index (κ3) is 3.71. The number of piperidine rings is 1. The Morgan fingerprint density at radius 1 is 1.17 bits per heavy atom. The maximum absolute atomic E-state index is 12.9. The van der Waals surface area contributed by atoms with Crippen molar-refractivity contribution in [3.05, 3.63) is 34.9 Å². The van der Waals surface area contributed by atoms with Crippen LogP contribution in [-0.2, 0) is 20.9 Å². The first kappa shape index (κ1) is 19.4. The molecule has 0 spiro atoms. The van der Waals surface area contributed by atoms with Crippen molar-refractivity contribution in [2.24, 2.45) is 0 Å². The predicted octanol–water partition coefficient (Wildman–Crippen LogP) is 1.78. The molecule has 1 atom stereocenters. The SMILES string of the molecule is CC(C)(C)OC(=O)N1CC(c2ccc3c(c2)C(=O)N(C2CCC(=O)NC2=O)C3)C1. The lowest BCUT2D eigenvalue weighted by atomic mass is 9.90. The molecule has 8 nitrogen and oxygen atoms in total. The van der Waals surface area contributed by atoms with Crippen molar-refractivity contribution < 1.29 is 23.9 Å². The maximum Gasteiger partial charge on any atom is 0.410 e. The van der Waals surface area contributed by atoms with Crippen LogP contribution in [-0.4, -0.2) is 58.3 Å². The van der Waals surface area contributed by atoms with Crippen LogP contribution in [0.15, 0.2) is 18.2 Å². The highest BCUT2D eigenvalue weighted by molar-refractivity contribution is 6.05. The van der Waals surface area contributed by atoms with Crippen molar-refractivity contribution in [3.8, 4) is 0 Å². The standard InChI is InChI=1S/C21H25N3O5/c1-21(2,3)29-20(28)23-9-14(10-23)12-4-5-13-11-24(19(27)15(13)8-12)16-6-7-17(25)22-18(16)26/h4-5,8,14,16H,6-7,9-11H2,1-3H3,(H,22,25,26). The predicted molar refractivity (Wildman–Crippen MR) is 103 cm³/mol. The van der Waals surface area contributed by atoms with Gasteiger partial charge in [0.05, 0.1) is 0 Å². The van der Waals surface area contributed by atoms with E-state index < -0.39 is 17.6 Å². The lowest BCUT2D eigenvalue weighted by Gasteiger charge is -2.40. The van der Waals surface area contributed by atoms with Gasteiger partial charge in [0.15, 0.2) is 0 Å². The first-order valence-electron chi connectivity index (χ1n) is 9.88. The molecule has 1 aromatic carbocycles. The topological polar surface area (TPSA) is 96.0 Å². The molecule has 3 aliphatic heterocycles. The van der Waals surface area contributed by atoms with Crippen LogP contribution in [0.4, 0.5) is 4.79 Å². The summed E-state index contributed by atoms with van der Waals surface area (Å²) in [5, 5.41) is 2.31. The van der Waals surface area contributed by atoms with Crippen LogP contribution < -0.4 is 5.32 Å². The molecule has 2 fully saturated rings. The molecule has 3 aliphatic rings. The molecule has 1 N–H and O–H groups in total. The van der Waals surface area contributed by atoms with Crippen molar-refractivity contribution in [1.82, 2.24) is 15.1 Å². The summed E-state index contributed by atoms with van der Waals surface area (Å²) in [5.74, 6) is -0.725. The van der Waals surface area contributed by atoms with Crippen molar-refractivity contribution in [1.29, 1.82) is 0 Å². The molecule has 1 unspecified atom stereocenters. The first-order chi connectivity index (χ1) is 13.6. The highest BCUT2D eigenvalue weighted by Crippen LogP contribution is 2.33. The Morgan fingerprint density at radius 2 is 1.90 bits per heavy atom. The number of hydrogen-bond acceptors (Lipinski definition) is 5. The second-order valence-corrected chi connectivity index (χ2v) is 8.90. The van der Waals surface area contributed by atoms with Crippen LogP contribution in [0, 0.1) is 0 Å². The monoisotopic (exact) mass is 399 g/mol. The number of fused-ring (bicyclic) bond motifs is 1. The zero-order valence-corrected chi connectivity index (χ0v) is 16.9. The Balaban J connectivity index is 1.42. The minimum atomic E-state index is -0.609. The van der Waals surface area contributed by atoms with Crippen LogP contribution in [0.2, 0.25) is 0 Å². The van der Waals surface area contributed by atoms with Gasteiger partial charge < -0.3 is 14.5 Å². The Morgan fingerprint density at radius 3 is 2.55 bits per heavy atom. The van der Waals surface area contributed by atoms with Crippen molar-refractivity contribution >= 4 is 23.8 Å². The van der Waals surface area contributed by atoms with Crippen LogP contribution in [0.5, 0.6) is 0 Å². The second kappa shape index (κ2) is 6.86. The number of amides is 4. The quantitative estimate of drug-likeness (QED) is 0.765. The smallest absolute Gasteiger partial charge is 0.410 e. The Hall–Kier alpha value is -2.90. The van der Waals surface area contributed by atoms with Gasteiger partial charge in [-0.05, 0) is 44.4 Å². The Bertz CT molecular complexity index is 898. The van der Waals surface area contributed by atoms with E-state index in [1.165, 1.54) is 0 Å². The van der Waals surface area contributed by atoms with Gasteiger partial charge in [0.2, 0.25) is 11.8 Å². The minimum Gasteiger partial charge on any atom is -0.444 e. The minimum absolute atomic E-state index is 0.158. The average molecular weight is 399 g/mol. The fourth-order valence-electron chi connectivity index (χ4n) is 3.99. The van der Waals surface area contributed by atoms with Gasteiger partial charge in [-0.3, -0.25) is 19.7 Å². The Kier molecular flexibility index (Phi) is 4.59. The highest BCUT2D eigenvalue weighted by Gasteiger charge is 2.40. The summed E-state index contributed by atoms with van der Waals surface area (Å²) in [6.45, 7) is 6.99. The van der Waals surface area contributed by atoms with Crippen LogP contribution >= 0.6 is 0 Å². The molecule has 4 rings (SSSR count). The number of nitrogens with zero attached hydrogens (tertiary/aromatic N) is 2. The molecule has 4 amide bonds. The molecule has 2 saturated heterocycles. The number of benzene rings is 1. The third-order valence-corrected chi connectivity index (χ3v) is 5.56. The third-order valence-electron chi connectivity index (χ3n) is 5.56. The Labute approximate surface area is 169 Å². The lowest BCUT2D eigenvalue weighted by Crippen LogP contribution is -2.52. The van der Waals surface area contributed by atoms with Gasteiger partial charge in [0.1, 0.15) is 11.6 Å². The molecular weight excluding hydrogens is 374 g/mol. The van der Waals surface area contributed by atoms with E-state index in [0.29, 0.717) is 31.6 Å². The van der Waals surface area contributed by atoms with E-state index in [2.05, 4.69) is 5.32 Å². The molecule has 8 heteroatoms. The lowest BCUT2D eigenvalue weighted by molar-refractivity contribution is -0.136. The molecule has 29 heavy (non-hydrogen) atoms. The molecule has 0 aromatic heterocycles.